The second-order valence-corrected chi connectivity index (χ2v) is 5.64. The molecule has 100 valence electrons. The molecule has 0 aliphatic rings. The van der Waals surface area contributed by atoms with Gasteiger partial charge >= 0.3 is 0 Å². The maximum atomic E-state index is 6.13. The zero-order valence-corrected chi connectivity index (χ0v) is 13.3. The van der Waals surface area contributed by atoms with Crippen molar-refractivity contribution >= 4 is 39.1 Å². The lowest BCUT2D eigenvalue weighted by Gasteiger charge is -2.13. The Kier molecular flexibility index (Phi) is 5.11. The summed E-state index contributed by atoms with van der Waals surface area (Å²) < 4.78 is 6.81. The van der Waals surface area contributed by atoms with Gasteiger partial charge in [-0.25, -0.2) is 0 Å². The predicted octanol–water partition coefficient (Wildman–Crippen LogP) is 5.27. The highest BCUT2D eigenvalue weighted by atomic mass is 79.9. The average molecular weight is 361 g/mol. The molecule has 0 unspecified atom stereocenters. The van der Waals surface area contributed by atoms with Crippen molar-refractivity contribution in [1.82, 2.24) is 5.32 Å². The van der Waals surface area contributed by atoms with E-state index in [1.165, 1.54) is 0 Å². The molecule has 2 nitrogen and oxygen atoms in total. The monoisotopic (exact) mass is 359 g/mol. The minimum absolute atomic E-state index is 0.416. The average Bonchev–Trinajstić information content (AvgIpc) is 2.38. The smallest absolute Gasteiger partial charge is 0.147 e. The Balaban J connectivity index is 2.36. The molecule has 0 radical (unpaired) electrons. The molecule has 1 N–H and O–H groups in total. The first-order valence-electron chi connectivity index (χ1n) is 5.66. The third-order valence-electron chi connectivity index (χ3n) is 2.53. The molecule has 0 aliphatic carbocycles. The Morgan fingerprint density at radius 2 is 1.95 bits per heavy atom. The number of ether oxygens (including phenoxy) is 1. The maximum Gasteiger partial charge on any atom is 0.147 e. The van der Waals surface area contributed by atoms with Gasteiger partial charge in [0.05, 0.1) is 5.02 Å². The largest absolute Gasteiger partial charge is 0.455 e. The molecule has 0 saturated carbocycles. The minimum Gasteiger partial charge on any atom is -0.455 e. The molecule has 0 saturated heterocycles. The van der Waals surface area contributed by atoms with E-state index in [2.05, 4.69) is 21.2 Å². The van der Waals surface area contributed by atoms with E-state index in [0.29, 0.717) is 22.3 Å². The first-order chi connectivity index (χ1) is 9.11. The van der Waals surface area contributed by atoms with Gasteiger partial charge in [-0.15, -0.1) is 0 Å². The molecule has 0 aliphatic heterocycles. The van der Waals surface area contributed by atoms with Crippen LogP contribution in [0.15, 0.2) is 40.9 Å². The molecule has 0 amide bonds. The summed E-state index contributed by atoms with van der Waals surface area (Å²) >= 11 is 15.5. The molecular weight excluding hydrogens is 349 g/mol. The molecule has 0 bridgehead atoms. The summed E-state index contributed by atoms with van der Waals surface area (Å²) in [6.45, 7) is 0.709. The standard InChI is InChI=1S/C14H12BrCl2NO/c1-18-8-9-5-6-10(15)7-13(9)19-12-4-2-3-11(16)14(12)17/h2-7,18H,8H2,1H3. The number of halogens is 3. The Morgan fingerprint density at radius 3 is 2.68 bits per heavy atom. The van der Waals surface area contributed by atoms with Gasteiger partial charge in [-0.2, -0.15) is 0 Å². The molecule has 0 heterocycles. The van der Waals surface area contributed by atoms with E-state index in [4.69, 9.17) is 27.9 Å². The van der Waals surface area contributed by atoms with E-state index in [1.54, 1.807) is 18.2 Å². The van der Waals surface area contributed by atoms with Crippen molar-refractivity contribution in [3.05, 3.63) is 56.5 Å². The second-order valence-electron chi connectivity index (χ2n) is 3.94. The van der Waals surface area contributed by atoms with E-state index in [-0.39, 0.29) is 0 Å². The van der Waals surface area contributed by atoms with Crippen LogP contribution < -0.4 is 10.1 Å². The van der Waals surface area contributed by atoms with E-state index in [1.807, 2.05) is 25.2 Å². The topological polar surface area (TPSA) is 21.3 Å². The maximum absolute atomic E-state index is 6.13. The van der Waals surface area contributed by atoms with Crippen LogP contribution in [0, 0.1) is 0 Å². The highest BCUT2D eigenvalue weighted by molar-refractivity contribution is 9.10. The van der Waals surface area contributed by atoms with Crippen molar-refractivity contribution in [2.45, 2.75) is 6.54 Å². The van der Waals surface area contributed by atoms with Gasteiger partial charge in [0.15, 0.2) is 0 Å². The molecule has 2 aromatic rings. The highest BCUT2D eigenvalue weighted by Crippen LogP contribution is 2.36. The fourth-order valence-corrected chi connectivity index (χ4v) is 2.31. The van der Waals surface area contributed by atoms with Crippen LogP contribution >= 0.6 is 39.1 Å². The van der Waals surface area contributed by atoms with E-state index in [9.17, 15) is 0 Å². The predicted molar refractivity (Wildman–Crippen MR) is 83.4 cm³/mol. The lowest BCUT2D eigenvalue weighted by atomic mass is 10.2. The van der Waals surface area contributed by atoms with Gasteiger partial charge in [0.25, 0.3) is 0 Å². The van der Waals surface area contributed by atoms with Crippen LogP contribution in [-0.2, 0) is 6.54 Å². The van der Waals surface area contributed by atoms with Crippen molar-refractivity contribution < 1.29 is 4.74 Å². The molecule has 0 spiro atoms. The quantitative estimate of drug-likeness (QED) is 0.802. The third kappa shape index (κ3) is 3.63. The summed E-state index contributed by atoms with van der Waals surface area (Å²) in [5, 5.41) is 3.99. The van der Waals surface area contributed by atoms with E-state index < -0.39 is 0 Å². The normalized spacial score (nSPS) is 10.5. The molecule has 0 aromatic heterocycles. The van der Waals surface area contributed by atoms with Crippen molar-refractivity contribution in [2.24, 2.45) is 0 Å². The first-order valence-corrected chi connectivity index (χ1v) is 7.21. The van der Waals surface area contributed by atoms with Gasteiger partial charge < -0.3 is 10.1 Å². The van der Waals surface area contributed by atoms with E-state index in [0.717, 1.165) is 15.8 Å². The molecule has 19 heavy (non-hydrogen) atoms. The van der Waals surface area contributed by atoms with Gasteiger partial charge in [-0.3, -0.25) is 0 Å². The van der Waals surface area contributed by atoms with Crippen molar-refractivity contribution in [1.29, 1.82) is 0 Å². The van der Waals surface area contributed by atoms with E-state index >= 15 is 0 Å². The van der Waals surface area contributed by atoms with Gasteiger partial charge in [-0.05, 0) is 31.3 Å². The highest BCUT2D eigenvalue weighted by Gasteiger charge is 2.10. The molecule has 5 heteroatoms. The summed E-state index contributed by atoms with van der Waals surface area (Å²) in [4.78, 5) is 0. The van der Waals surface area contributed by atoms with Gasteiger partial charge in [0.2, 0.25) is 0 Å². The molecule has 2 rings (SSSR count). The number of rotatable bonds is 4. The van der Waals surface area contributed by atoms with Crippen LogP contribution in [0.4, 0.5) is 0 Å². The van der Waals surface area contributed by atoms with Gasteiger partial charge in [0, 0.05) is 16.6 Å². The van der Waals surface area contributed by atoms with Crippen LogP contribution in [0.25, 0.3) is 0 Å². The zero-order valence-electron chi connectivity index (χ0n) is 10.2. The molecule has 0 atom stereocenters. The van der Waals surface area contributed by atoms with Crippen LogP contribution in [0.1, 0.15) is 5.56 Å². The first kappa shape index (κ1) is 14.7. The van der Waals surface area contributed by atoms with Gasteiger partial charge in [0.1, 0.15) is 16.5 Å². The minimum atomic E-state index is 0.416. The number of hydrogen-bond donors (Lipinski definition) is 1. The zero-order chi connectivity index (χ0) is 13.8. The SMILES string of the molecule is CNCc1ccc(Br)cc1Oc1cccc(Cl)c1Cl. The van der Waals surface area contributed by atoms with Crippen molar-refractivity contribution in [3.63, 3.8) is 0 Å². The fraction of sp³-hybridized carbons (Fsp3) is 0.143. The number of nitrogens with one attached hydrogen (secondary N) is 1. The molecule has 2 aromatic carbocycles. The summed E-state index contributed by atoms with van der Waals surface area (Å²) in [5.74, 6) is 1.29. The lowest BCUT2D eigenvalue weighted by molar-refractivity contribution is 0.474. The Hall–Kier alpha value is -0.740. The summed E-state index contributed by atoms with van der Waals surface area (Å²) in [7, 11) is 1.89. The Morgan fingerprint density at radius 1 is 1.16 bits per heavy atom. The van der Waals surface area contributed by atoms with Crippen molar-refractivity contribution in [3.8, 4) is 11.5 Å². The Bertz CT molecular complexity index is 590. The van der Waals surface area contributed by atoms with Gasteiger partial charge in [-0.1, -0.05) is 51.3 Å². The van der Waals surface area contributed by atoms with Crippen LogP contribution in [0.3, 0.4) is 0 Å². The third-order valence-corrected chi connectivity index (χ3v) is 3.83. The fourth-order valence-electron chi connectivity index (χ4n) is 1.64. The molecule has 0 fully saturated rings. The molecular formula is C14H12BrCl2NO. The number of hydrogen-bond acceptors (Lipinski definition) is 2. The summed E-state index contributed by atoms with van der Waals surface area (Å²) in [5.41, 5.74) is 1.04. The summed E-state index contributed by atoms with van der Waals surface area (Å²) in [6, 6.07) is 11.2. The van der Waals surface area contributed by atoms with Crippen molar-refractivity contribution in [2.75, 3.05) is 7.05 Å². The second kappa shape index (κ2) is 6.62. The number of benzene rings is 2. The lowest BCUT2D eigenvalue weighted by Crippen LogP contribution is -2.06. The van der Waals surface area contributed by atoms with Crippen LogP contribution in [0.2, 0.25) is 10.0 Å². The summed E-state index contributed by atoms with van der Waals surface area (Å²) in [6.07, 6.45) is 0. The van der Waals surface area contributed by atoms with Crippen LogP contribution in [0.5, 0.6) is 11.5 Å². The Labute approximate surface area is 130 Å². The van der Waals surface area contributed by atoms with Crippen LogP contribution in [-0.4, -0.2) is 7.05 Å².